The maximum Gasteiger partial charge on any atom is 0.313 e. The summed E-state index contributed by atoms with van der Waals surface area (Å²) in [5.41, 5.74) is 1.33. The van der Waals surface area contributed by atoms with Crippen LogP contribution in [0.5, 0.6) is 0 Å². The summed E-state index contributed by atoms with van der Waals surface area (Å²) in [5.74, 6) is -0.808. The topological polar surface area (TPSA) is 57.5 Å². The number of rotatable bonds is 11. The first-order chi connectivity index (χ1) is 13.3. The molecular formula is C25H34O3. The number of hydrogen-bond donors (Lipinski definition) is 2. The molecule has 0 spiro atoms. The summed E-state index contributed by atoms with van der Waals surface area (Å²) < 4.78 is 0. The molecule has 0 saturated heterocycles. The van der Waals surface area contributed by atoms with Gasteiger partial charge in [-0.3, -0.25) is 4.79 Å². The fraction of sp³-hybridized carbons (Fsp3) is 0.480. The molecule has 2 rings (SSSR count). The third-order valence-electron chi connectivity index (χ3n) is 5.99. The highest BCUT2D eigenvalue weighted by molar-refractivity contribution is 5.80. The summed E-state index contributed by atoms with van der Waals surface area (Å²) in [7, 11) is 0. The first-order valence-electron chi connectivity index (χ1n) is 10.3. The van der Waals surface area contributed by atoms with Crippen molar-refractivity contribution in [3.63, 3.8) is 0 Å². The summed E-state index contributed by atoms with van der Waals surface area (Å²) in [6, 6.07) is 19.9. The number of hydrogen-bond acceptors (Lipinski definition) is 2. The highest BCUT2D eigenvalue weighted by atomic mass is 16.4. The Balaban J connectivity index is 1.79. The van der Waals surface area contributed by atoms with Crippen LogP contribution < -0.4 is 0 Å². The number of carbonyl (C=O) groups is 1. The second-order valence-corrected chi connectivity index (χ2v) is 8.69. The van der Waals surface area contributed by atoms with Crippen LogP contribution in [0, 0.1) is 0 Å². The Morgan fingerprint density at radius 1 is 0.821 bits per heavy atom. The molecule has 28 heavy (non-hydrogen) atoms. The molecule has 3 heteroatoms. The normalized spacial score (nSPS) is 15.0. The molecule has 0 aliphatic carbocycles. The van der Waals surface area contributed by atoms with E-state index in [2.05, 4.69) is 38.1 Å². The van der Waals surface area contributed by atoms with E-state index in [9.17, 15) is 15.0 Å². The molecule has 152 valence electrons. The molecule has 0 heterocycles. The average molecular weight is 383 g/mol. The van der Waals surface area contributed by atoms with Gasteiger partial charge in [0.2, 0.25) is 0 Å². The summed E-state index contributed by atoms with van der Waals surface area (Å²) in [4.78, 5) is 11.9. The van der Waals surface area contributed by atoms with Crippen molar-refractivity contribution in [2.75, 3.05) is 0 Å². The number of aliphatic hydroxyl groups excluding tert-OH is 1. The molecule has 0 saturated carbocycles. The largest absolute Gasteiger partial charge is 0.481 e. The van der Waals surface area contributed by atoms with Gasteiger partial charge in [-0.2, -0.15) is 0 Å². The van der Waals surface area contributed by atoms with Gasteiger partial charge in [-0.1, -0.05) is 80.9 Å². The highest BCUT2D eigenvalue weighted by Crippen LogP contribution is 2.32. The van der Waals surface area contributed by atoms with Crippen LogP contribution in [0.15, 0.2) is 60.7 Å². The van der Waals surface area contributed by atoms with Gasteiger partial charge in [0.25, 0.3) is 0 Å². The molecule has 0 aliphatic heterocycles. The van der Waals surface area contributed by atoms with Crippen LogP contribution >= 0.6 is 0 Å². The van der Waals surface area contributed by atoms with Gasteiger partial charge in [-0.15, -0.1) is 0 Å². The van der Waals surface area contributed by atoms with Crippen LogP contribution in [0.3, 0.4) is 0 Å². The zero-order valence-corrected chi connectivity index (χ0v) is 17.4. The lowest BCUT2D eigenvalue weighted by Gasteiger charge is -2.27. The maximum absolute atomic E-state index is 11.9. The first kappa shape index (κ1) is 22.2. The van der Waals surface area contributed by atoms with Gasteiger partial charge in [0, 0.05) is 0 Å². The van der Waals surface area contributed by atoms with E-state index in [1.54, 1.807) is 6.92 Å². The Kier molecular flexibility index (Phi) is 7.82. The minimum Gasteiger partial charge on any atom is -0.481 e. The van der Waals surface area contributed by atoms with Gasteiger partial charge in [-0.05, 0) is 55.6 Å². The van der Waals surface area contributed by atoms with Crippen molar-refractivity contribution >= 4 is 5.97 Å². The minimum absolute atomic E-state index is 0.0934. The Morgan fingerprint density at radius 2 is 1.29 bits per heavy atom. The Morgan fingerprint density at radius 3 is 1.79 bits per heavy atom. The molecule has 0 amide bonds. The summed E-state index contributed by atoms with van der Waals surface area (Å²) >= 11 is 0. The van der Waals surface area contributed by atoms with Gasteiger partial charge in [0.05, 0.1) is 11.5 Å². The lowest BCUT2D eigenvalue weighted by atomic mass is 9.77. The zero-order chi connectivity index (χ0) is 20.6. The molecule has 2 atom stereocenters. The molecule has 0 fully saturated rings. The van der Waals surface area contributed by atoms with E-state index >= 15 is 0 Å². The second kappa shape index (κ2) is 9.88. The Labute approximate surface area is 169 Å². The van der Waals surface area contributed by atoms with E-state index in [1.807, 2.05) is 36.4 Å². The van der Waals surface area contributed by atoms with Gasteiger partial charge in [0.1, 0.15) is 0 Å². The molecule has 2 aromatic rings. The quantitative estimate of drug-likeness (QED) is 0.523. The van der Waals surface area contributed by atoms with E-state index in [0.29, 0.717) is 19.3 Å². The van der Waals surface area contributed by atoms with Crippen molar-refractivity contribution in [2.45, 2.75) is 76.2 Å². The number of carboxylic acids is 1. The molecule has 0 bridgehead atoms. The summed E-state index contributed by atoms with van der Waals surface area (Å²) in [5, 5.41) is 20.1. The summed E-state index contributed by atoms with van der Waals surface area (Å²) in [6.45, 7) is 6.26. The second-order valence-electron chi connectivity index (χ2n) is 8.69. The van der Waals surface area contributed by atoms with Crippen molar-refractivity contribution in [1.29, 1.82) is 0 Å². The van der Waals surface area contributed by atoms with Gasteiger partial charge in [0.15, 0.2) is 0 Å². The fourth-order valence-corrected chi connectivity index (χ4v) is 3.83. The predicted molar refractivity (Wildman–Crippen MR) is 115 cm³/mol. The van der Waals surface area contributed by atoms with Crippen LogP contribution in [0.4, 0.5) is 0 Å². The zero-order valence-electron chi connectivity index (χ0n) is 17.4. The van der Waals surface area contributed by atoms with Crippen LogP contribution in [0.1, 0.15) is 70.4 Å². The van der Waals surface area contributed by atoms with Gasteiger partial charge in [-0.25, -0.2) is 0 Å². The van der Waals surface area contributed by atoms with E-state index in [1.165, 1.54) is 5.56 Å². The molecule has 0 radical (unpaired) electrons. The molecule has 0 aliphatic rings. The molecule has 3 nitrogen and oxygen atoms in total. The molecule has 2 N–H and O–H groups in total. The van der Waals surface area contributed by atoms with Crippen LogP contribution in [-0.2, 0) is 15.6 Å². The predicted octanol–water partition coefficient (Wildman–Crippen LogP) is 5.71. The molecule has 0 aromatic heterocycles. The van der Waals surface area contributed by atoms with E-state index in [0.717, 1.165) is 24.8 Å². The fourth-order valence-electron chi connectivity index (χ4n) is 3.83. The van der Waals surface area contributed by atoms with Crippen molar-refractivity contribution in [3.05, 3.63) is 71.8 Å². The number of aliphatic carboxylic acids is 1. The van der Waals surface area contributed by atoms with Crippen molar-refractivity contribution in [2.24, 2.45) is 0 Å². The van der Waals surface area contributed by atoms with Crippen molar-refractivity contribution in [1.82, 2.24) is 0 Å². The third kappa shape index (κ3) is 5.93. The number of benzene rings is 2. The smallest absolute Gasteiger partial charge is 0.313 e. The lowest BCUT2D eigenvalue weighted by Crippen LogP contribution is -2.32. The van der Waals surface area contributed by atoms with Gasteiger partial charge < -0.3 is 10.2 Å². The molecular weight excluding hydrogens is 348 g/mol. The number of carboxylic acid groups (broad SMARTS) is 1. The van der Waals surface area contributed by atoms with Crippen molar-refractivity contribution in [3.8, 4) is 0 Å². The Bertz CT molecular complexity index is 724. The maximum atomic E-state index is 11.9. The van der Waals surface area contributed by atoms with E-state index in [4.69, 9.17) is 0 Å². The third-order valence-corrected chi connectivity index (χ3v) is 5.99. The SMILES string of the molecule is CC(C)(CCCC(O)CCCC(C)(C(=O)O)c1ccccc1)c1ccccc1. The van der Waals surface area contributed by atoms with Crippen LogP contribution in [-0.4, -0.2) is 22.3 Å². The standard InChI is InChI=1S/C25H34O3/c1-24(2,20-12-6-4-7-13-20)18-10-16-22(26)17-11-19-25(3,23(27)28)21-14-8-5-9-15-21/h4-9,12-15,22,26H,10-11,16-19H2,1-3H3,(H,27,28). The van der Waals surface area contributed by atoms with Crippen LogP contribution in [0.2, 0.25) is 0 Å². The Hall–Kier alpha value is -2.13. The molecule has 2 aromatic carbocycles. The molecule has 2 unspecified atom stereocenters. The minimum atomic E-state index is -0.906. The van der Waals surface area contributed by atoms with Crippen LogP contribution in [0.25, 0.3) is 0 Å². The average Bonchev–Trinajstić information content (AvgIpc) is 2.69. The monoisotopic (exact) mass is 382 g/mol. The van der Waals surface area contributed by atoms with E-state index < -0.39 is 11.4 Å². The highest BCUT2D eigenvalue weighted by Gasteiger charge is 2.34. The van der Waals surface area contributed by atoms with Gasteiger partial charge >= 0.3 is 5.97 Å². The summed E-state index contributed by atoms with van der Waals surface area (Å²) in [6.07, 6.45) is 4.22. The first-order valence-corrected chi connectivity index (χ1v) is 10.3. The number of aliphatic hydroxyl groups is 1. The lowest BCUT2D eigenvalue weighted by molar-refractivity contribution is -0.143. The van der Waals surface area contributed by atoms with Crippen molar-refractivity contribution < 1.29 is 15.0 Å². The van der Waals surface area contributed by atoms with E-state index in [-0.39, 0.29) is 11.5 Å².